The van der Waals surface area contributed by atoms with Crippen molar-refractivity contribution in [2.45, 2.75) is 25.4 Å². The van der Waals surface area contributed by atoms with Gasteiger partial charge in [0.25, 0.3) is 0 Å². The van der Waals surface area contributed by atoms with E-state index in [0.29, 0.717) is 6.54 Å². The van der Waals surface area contributed by atoms with Crippen LogP contribution in [0.4, 0.5) is 0 Å². The molecule has 1 saturated carbocycles. The van der Waals surface area contributed by atoms with E-state index in [2.05, 4.69) is 13.0 Å². The Morgan fingerprint density at radius 3 is 2.62 bits per heavy atom. The van der Waals surface area contributed by atoms with Crippen LogP contribution in [0.1, 0.15) is 18.4 Å². The number of ether oxygens (including phenoxy) is 1. The normalized spacial score (nSPS) is 18.3. The minimum atomic E-state index is -0.0356. The van der Waals surface area contributed by atoms with Crippen LogP contribution in [-0.2, 0) is 0 Å². The molecule has 2 N–H and O–H groups in total. The lowest BCUT2D eigenvalue weighted by molar-refractivity contribution is 0.186. The molecule has 2 heteroatoms. The van der Waals surface area contributed by atoms with Gasteiger partial charge in [-0.3, -0.25) is 0 Å². The van der Waals surface area contributed by atoms with Crippen molar-refractivity contribution in [2.24, 2.45) is 5.73 Å². The third-order valence-electron chi connectivity index (χ3n) is 2.60. The van der Waals surface area contributed by atoms with Crippen LogP contribution in [0.5, 0.6) is 5.75 Å². The predicted octanol–water partition coefficient (Wildman–Crippen LogP) is 1.87. The summed E-state index contributed by atoms with van der Waals surface area (Å²) >= 11 is 0. The highest BCUT2D eigenvalue weighted by molar-refractivity contribution is 5.33. The molecule has 0 aliphatic heterocycles. The van der Waals surface area contributed by atoms with Crippen LogP contribution in [0.3, 0.4) is 0 Å². The lowest BCUT2D eigenvalue weighted by Gasteiger charge is -2.17. The average molecular weight is 177 g/mol. The fourth-order valence-corrected chi connectivity index (χ4v) is 1.39. The first kappa shape index (κ1) is 8.57. The summed E-state index contributed by atoms with van der Waals surface area (Å²) in [7, 11) is 0. The highest BCUT2D eigenvalue weighted by atomic mass is 16.5. The van der Waals surface area contributed by atoms with Crippen LogP contribution in [0.2, 0.25) is 0 Å². The topological polar surface area (TPSA) is 35.2 Å². The zero-order valence-corrected chi connectivity index (χ0v) is 7.92. The maximum absolute atomic E-state index is 5.87. The van der Waals surface area contributed by atoms with Crippen LogP contribution < -0.4 is 10.5 Å². The highest BCUT2D eigenvalue weighted by Crippen LogP contribution is 2.39. The number of nitrogens with two attached hydrogens (primary N) is 1. The molecular weight excluding hydrogens is 162 g/mol. The molecule has 1 aromatic carbocycles. The van der Waals surface area contributed by atoms with Gasteiger partial charge in [0.2, 0.25) is 0 Å². The van der Waals surface area contributed by atoms with Crippen LogP contribution in [0, 0.1) is 6.92 Å². The fraction of sp³-hybridized carbons (Fsp3) is 0.455. The molecular formula is C11H15NO. The van der Waals surface area contributed by atoms with Gasteiger partial charge in [-0.25, -0.2) is 0 Å². The van der Waals surface area contributed by atoms with Gasteiger partial charge in [-0.05, 0) is 31.4 Å². The van der Waals surface area contributed by atoms with Crippen molar-refractivity contribution in [3.05, 3.63) is 29.8 Å². The van der Waals surface area contributed by atoms with Gasteiger partial charge in [0, 0.05) is 6.54 Å². The summed E-state index contributed by atoms with van der Waals surface area (Å²) in [6.45, 7) is 2.68. The molecule has 0 atom stereocenters. The summed E-state index contributed by atoms with van der Waals surface area (Å²) in [5.74, 6) is 0.977. The molecule has 1 aliphatic rings. The third-order valence-corrected chi connectivity index (χ3v) is 2.60. The van der Waals surface area contributed by atoms with Gasteiger partial charge in [-0.2, -0.15) is 0 Å². The Morgan fingerprint density at radius 2 is 2.08 bits per heavy atom. The van der Waals surface area contributed by atoms with Crippen molar-refractivity contribution in [3.8, 4) is 5.75 Å². The zero-order valence-electron chi connectivity index (χ0n) is 7.92. The zero-order chi connectivity index (χ0) is 9.31. The van der Waals surface area contributed by atoms with Crippen molar-refractivity contribution in [1.82, 2.24) is 0 Å². The highest BCUT2D eigenvalue weighted by Gasteiger charge is 2.44. The molecule has 70 valence electrons. The molecule has 0 saturated heterocycles. The van der Waals surface area contributed by atoms with E-state index < -0.39 is 0 Å². The number of benzene rings is 1. The maximum atomic E-state index is 5.87. The van der Waals surface area contributed by atoms with E-state index in [-0.39, 0.29) is 5.60 Å². The van der Waals surface area contributed by atoms with Crippen LogP contribution in [0.15, 0.2) is 24.3 Å². The van der Waals surface area contributed by atoms with Crippen molar-refractivity contribution in [1.29, 1.82) is 0 Å². The lowest BCUT2D eigenvalue weighted by atomic mass is 10.2. The number of hydrogen-bond donors (Lipinski definition) is 1. The fourth-order valence-electron chi connectivity index (χ4n) is 1.39. The molecule has 2 rings (SSSR count). The first-order valence-electron chi connectivity index (χ1n) is 4.70. The van der Waals surface area contributed by atoms with Gasteiger partial charge in [0.15, 0.2) is 0 Å². The Bertz CT molecular complexity index is 305. The minimum absolute atomic E-state index is 0.0356. The van der Waals surface area contributed by atoms with Gasteiger partial charge >= 0.3 is 0 Å². The van der Waals surface area contributed by atoms with E-state index in [9.17, 15) is 0 Å². The first-order chi connectivity index (χ1) is 6.26. The molecule has 1 fully saturated rings. The van der Waals surface area contributed by atoms with Crippen molar-refractivity contribution in [2.75, 3.05) is 6.54 Å². The molecule has 0 unspecified atom stereocenters. The summed E-state index contributed by atoms with van der Waals surface area (Å²) in [6, 6.07) is 8.08. The number of aryl methyl sites for hydroxylation is 1. The second-order valence-corrected chi connectivity index (χ2v) is 3.75. The summed E-state index contributed by atoms with van der Waals surface area (Å²) < 4.78 is 5.87. The van der Waals surface area contributed by atoms with Gasteiger partial charge in [0.1, 0.15) is 11.4 Å². The molecule has 0 aromatic heterocycles. The molecule has 13 heavy (non-hydrogen) atoms. The summed E-state index contributed by atoms with van der Waals surface area (Å²) in [5.41, 5.74) is 6.79. The largest absolute Gasteiger partial charge is 0.486 e. The van der Waals surface area contributed by atoms with E-state index in [4.69, 9.17) is 10.5 Å². The van der Waals surface area contributed by atoms with E-state index in [0.717, 1.165) is 18.6 Å². The molecule has 1 aromatic rings. The smallest absolute Gasteiger partial charge is 0.123 e. The Morgan fingerprint density at radius 1 is 1.38 bits per heavy atom. The van der Waals surface area contributed by atoms with Gasteiger partial charge < -0.3 is 10.5 Å². The quantitative estimate of drug-likeness (QED) is 0.765. The van der Waals surface area contributed by atoms with Gasteiger partial charge in [-0.15, -0.1) is 0 Å². The first-order valence-corrected chi connectivity index (χ1v) is 4.70. The Labute approximate surface area is 78.7 Å². The molecule has 2 nitrogen and oxygen atoms in total. The SMILES string of the molecule is Cc1ccccc1OC1(CN)CC1. The molecule has 0 bridgehead atoms. The van der Waals surface area contributed by atoms with Crippen LogP contribution >= 0.6 is 0 Å². The Kier molecular flexibility index (Phi) is 2.00. The Balaban J connectivity index is 2.14. The Hall–Kier alpha value is -1.02. The van der Waals surface area contributed by atoms with E-state index in [1.165, 1.54) is 5.56 Å². The van der Waals surface area contributed by atoms with E-state index >= 15 is 0 Å². The number of hydrogen-bond acceptors (Lipinski definition) is 2. The van der Waals surface area contributed by atoms with Crippen LogP contribution in [-0.4, -0.2) is 12.1 Å². The molecule has 0 spiro atoms. The number of para-hydroxylation sites is 1. The lowest BCUT2D eigenvalue weighted by Crippen LogP contribution is -2.28. The third kappa shape index (κ3) is 1.68. The number of rotatable bonds is 3. The standard InChI is InChI=1S/C11H15NO/c1-9-4-2-3-5-10(9)13-11(8-12)6-7-11/h2-5H,6-8,12H2,1H3. The summed E-state index contributed by atoms with van der Waals surface area (Å²) in [6.07, 6.45) is 2.19. The maximum Gasteiger partial charge on any atom is 0.123 e. The van der Waals surface area contributed by atoms with E-state index in [1.54, 1.807) is 0 Å². The van der Waals surface area contributed by atoms with Crippen molar-refractivity contribution >= 4 is 0 Å². The second-order valence-electron chi connectivity index (χ2n) is 3.75. The predicted molar refractivity (Wildman–Crippen MR) is 52.8 cm³/mol. The van der Waals surface area contributed by atoms with Crippen molar-refractivity contribution < 1.29 is 4.74 Å². The van der Waals surface area contributed by atoms with Crippen molar-refractivity contribution in [3.63, 3.8) is 0 Å². The van der Waals surface area contributed by atoms with Gasteiger partial charge in [0.05, 0.1) is 0 Å². The minimum Gasteiger partial charge on any atom is -0.486 e. The molecule has 0 radical (unpaired) electrons. The monoisotopic (exact) mass is 177 g/mol. The van der Waals surface area contributed by atoms with Crippen LogP contribution in [0.25, 0.3) is 0 Å². The van der Waals surface area contributed by atoms with E-state index in [1.807, 2.05) is 18.2 Å². The summed E-state index contributed by atoms with van der Waals surface area (Å²) in [4.78, 5) is 0. The molecule has 1 aliphatic carbocycles. The molecule has 0 heterocycles. The summed E-state index contributed by atoms with van der Waals surface area (Å²) in [5, 5.41) is 0. The van der Waals surface area contributed by atoms with Gasteiger partial charge in [-0.1, -0.05) is 18.2 Å². The second kappa shape index (κ2) is 3.04. The molecule has 0 amide bonds. The average Bonchev–Trinajstić information content (AvgIpc) is 2.90.